The molecule has 172 valence electrons. The Labute approximate surface area is 209 Å². The fourth-order valence-corrected chi connectivity index (χ4v) is 4.03. The number of carbonyl (C=O) groups is 1. The van der Waals surface area contributed by atoms with Crippen molar-refractivity contribution < 1.29 is 9.53 Å². The summed E-state index contributed by atoms with van der Waals surface area (Å²) < 4.78 is 8.43. The van der Waals surface area contributed by atoms with Crippen LogP contribution in [0, 0.1) is 0 Å². The third-order valence-electron chi connectivity index (χ3n) is 4.56. The zero-order chi connectivity index (χ0) is 23.8. The Balaban J connectivity index is 1.50. The summed E-state index contributed by atoms with van der Waals surface area (Å²) in [6.07, 6.45) is 5.03. The number of amides is 1. The predicted molar refractivity (Wildman–Crippen MR) is 136 cm³/mol. The van der Waals surface area contributed by atoms with E-state index in [0.717, 1.165) is 27.0 Å². The van der Waals surface area contributed by atoms with Gasteiger partial charge in [-0.15, -0.1) is 10.2 Å². The lowest BCUT2D eigenvalue weighted by atomic mass is 10.2. The van der Waals surface area contributed by atoms with Gasteiger partial charge in [-0.3, -0.25) is 14.3 Å². The SMILES string of the molecule is CCOc1ccc(-n2c(SCC(=O)NN=Cc3ccc(Br)cc3)nnc2-c2cccnc2)cc1. The van der Waals surface area contributed by atoms with Crippen molar-refractivity contribution >= 4 is 39.8 Å². The van der Waals surface area contributed by atoms with Crippen LogP contribution in [0.1, 0.15) is 12.5 Å². The second-order valence-corrected chi connectivity index (χ2v) is 8.80. The quantitative estimate of drug-likeness (QED) is 0.189. The lowest BCUT2D eigenvalue weighted by Gasteiger charge is -2.11. The second kappa shape index (κ2) is 11.6. The van der Waals surface area contributed by atoms with Gasteiger partial charge in [0.05, 0.1) is 18.6 Å². The van der Waals surface area contributed by atoms with Crippen molar-refractivity contribution in [2.24, 2.45) is 5.10 Å². The van der Waals surface area contributed by atoms with Gasteiger partial charge < -0.3 is 4.74 Å². The van der Waals surface area contributed by atoms with Gasteiger partial charge >= 0.3 is 0 Å². The molecule has 0 aliphatic carbocycles. The van der Waals surface area contributed by atoms with Crippen LogP contribution in [0.4, 0.5) is 0 Å². The number of thioether (sulfide) groups is 1. The molecule has 0 unspecified atom stereocenters. The Kier molecular flexibility index (Phi) is 8.05. The predicted octanol–water partition coefficient (Wildman–Crippen LogP) is 4.73. The summed E-state index contributed by atoms with van der Waals surface area (Å²) in [6.45, 7) is 2.53. The zero-order valence-electron chi connectivity index (χ0n) is 18.3. The molecule has 10 heteroatoms. The fraction of sp³-hybridized carbons (Fsp3) is 0.125. The summed E-state index contributed by atoms with van der Waals surface area (Å²) >= 11 is 4.66. The number of pyridine rings is 1. The molecular weight excluding hydrogens is 516 g/mol. The first-order valence-electron chi connectivity index (χ1n) is 10.4. The highest BCUT2D eigenvalue weighted by Crippen LogP contribution is 2.28. The van der Waals surface area contributed by atoms with E-state index in [9.17, 15) is 4.79 Å². The van der Waals surface area contributed by atoms with E-state index in [1.165, 1.54) is 11.8 Å². The van der Waals surface area contributed by atoms with Crippen molar-refractivity contribution in [3.8, 4) is 22.8 Å². The van der Waals surface area contributed by atoms with Crippen LogP contribution in [0.5, 0.6) is 5.75 Å². The lowest BCUT2D eigenvalue weighted by Crippen LogP contribution is -2.20. The topological polar surface area (TPSA) is 94.3 Å². The number of rotatable bonds is 9. The molecule has 1 N–H and O–H groups in total. The Morgan fingerprint density at radius 2 is 1.94 bits per heavy atom. The summed E-state index contributed by atoms with van der Waals surface area (Å²) in [6, 6.07) is 19.0. The van der Waals surface area contributed by atoms with Gasteiger partial charge in [-0.1, -0.05) is 39.8 Å². The normalized spacial score (nSPS) is 11.0. The van der Waals surface area contributed by atoms with E-state index < -0.39 is 0 Å². The Bertz CT molecular complexity index is 1260. The Hall–Kier alpha value is -3.50. The molecule has 8 nitrogen and oxygen atoms in total. The monoisotopic (exact) mass is 536 g/mol. The molecule has 0 saturated heterocycles. The van der Waals surface area contributed by atoms with E-state index in [4.69, 9.17) is 4.74 Å². The highest BCUT2D eigenvalue weighted by atomic mass is 79.9. The third-order valence-corrected chi connectivity index (χ3v) is 6.02. The molecule has 0 aliphatic heterocycles. The van der Waals surface area contributed by atoms with Crippen LogP contribution in [0.25, 0.3) is 17.1 Å². The molecule has 4 rings (SSSR count). The standard InChI is InChI=1S/C24H21BrN6O2S/c1-2-33-21-11-9-20(10-12-21)31-23(18-4-3-13-26-15-18)29-30-24(31)34-16-22(32)28-27-14-17-5-7-19(25)8-6-17/h3-15H,2,16H2,1H3,(H,28,32). The number of ether oxygens (including phenoxy) is 1. The molecule has 0 fully saturated rings. The number of nitrogens with one attached hydrogen (secondary N) is 1. The average Bonchev–Trinajstić information content (AvgIpc) is 3.29. The van der Waals surface area contributed by atoms with Crippen LogP contribution < -0.4 is 10.2 Å². The van der Waals surface area contributed by atoms with Gasteiger partial charge in [-0.05, 0) is 61.0 Å². The number of hydrogen-bond donors (Lipinski definition) is 1. The number of carbonyl (C=O) groups excluding carboxylic acids is 1. The van der Waals surface area contributed by atoms with Crippen LogP contribution in [-0.4, -0.2) is 44.2 Å². The molecule has 4 aromatic rings. The molecule has 2 aromatic carbocycles. The van der Waals surface area contributed by atoms with Gasteiger partial charge in [0, 0.05) is 28.1 Å². The maximum absolute atomic E-state index is 12.4. The molecule has 0 aliphatic rings. The maximum atomic E-state index is 12.4. The summed E-state index contributed by atoms with van der Waals surface area (Å²) in [4.78, 5) is 16.6. The zero-order valence-corrected chi connectivity index (χ0v) is 20.7. The number of hydrogen-bond acceptors (Lipinski definition) is 7. The molecule has 0 spiro atoms. The number of halogens is 1. The molecule has 1 amide bonds. The molecule has 0 radical (unpaired) electrons. The first-order valence-corrected chi connectivity index (χ1v) is 12.2. The van der Waals surface area contributed by atoms with Gasteiger partial charge in [0.2, 0.25) is 0 Å². The van der Waals surface area contributed by atoms with Gasteiger partial charge in [0.1, 0.15) is 5.75 Å². The summed E-state index contributed by atoms with van der Waals surface area (Å²) in [7, 11) is 0. The lowest BCUT2D eigenvalue weighted by molar-refractivity contribution is -0.118. The number of benzene rings is 2. The average molecular weight is 537 g/mol. The first-order chi connectivity index (χ1) is 16.6. The summed E-state index contributed by atoms with van der Waals surface area (Å²) in [5, 5.41) is 13.3. The highest BCUT2D eigenvalue weighted by Gasteiger charge is 2.17. The van der Waals surface area contributed by atoms with Crippen molar-refractivity contribution in [3.63, 3.8) is 0 Å². The highest BCUT2D eigenvalue weighted by molar-refractivity contribution is 9.10. The fourth-order valence-electron chi connectivity index (χ4n) is 3.03. The van der Waals surface area contributed by atoms with E-state index in [2.05, 4.69) is 41.6 Å². The molecule has 0 bridgehead atoms. The molecule has 0 saturated carbocycles. The van der Waals surface area contributed by atoms with Gasteiger partial charge in [-0.25, -0.2) is 5.43 Å². The minimum absolute atomic E-state index is 0.125. The van der Waals surface area contributed by atoms with Crippen LogP contribution in [0.3, 0.4) is 0 Å². The second-order valence-electron chi connectivity index (χ2n) is 6.94. The summed E-state index contributed by atoms with van der Waals surface area (Å²) in [5.41, 5.74) is 5.10. The molecule has 2 heterocycles. The van der Waals surface area contributed by atoms with Crippen molar-refractivity contribution in [3.05, 3.63) is 83.1 Å². The third kappa shape index (κ3) is 6.09. The van der Waals surface area contributed by atoms with Gasteiger partial charge in [-0.2, -0.15) is 5.10 Å². The van der Waals surface area contributed by atoms with Gasteiger partial charge in [0.25, 0.3) is 5.91 Å². The van der Waals surface area contributed by atoms with E-state index in [-0.39, 0.29) is 11.7 Å². The first kappa shape index (κ1) is 23.7. The van der Waals surface area contributed by atoms with Crippen molar-refractivity contribution in [1.29, 1.82) is 0 Å². The van der Waals surface area contributed by atoms with Gasteiger partial charge in [0.15, 0.2) is 11.0 Å². The molecule has 34 heavy (non-hydrogen) atoms. The molecule has 0 atom stereocenters. The largest absolute Gasteiger partial charge is 0.494 e. The molecule has 2 aromatic heterocycles. The van der Waals surface area contributed by atoms with Crippen LogP contribution in [-0.2, 0) is 4.79 Å². The summed E-state index contributed by atoms with van der Waals surface area (Å²) in [5.74, 6) is 1.29. The van der Waals surface area contributed by atoms with Crippen molar-refractivity contribution in [2.45, 2.75) is 12.1 Å². The van der Waals surface area contributed by atoms with E-state index in [1.807, 2.05) is 72.2 Å². The van der Waals surface area contributed by atoms with Crippen LogP contribution in [0.2, 0.25) is 0 Å². The molecular formula is C24H21BrN6O2S. The van der Waals surface area contributed by atoms with E-state index in [1.54, 1.807) is 18.6 Å². The van der Waals surface area contributed by atoms with E-state index >= 15 is 0 Å². The minimum Gasteiger partial charge on any atom is -0.494 e. The number of nitrogens with zero attached hydrogens (tertiary/aromatic N) is 5. The Morgan fingerprint density at radius 1 is 1.15 bits per heavy atom. The van der Waals surface area contributed by atoms with Crippen molar-refractivity contribution in [1.82, 2.24) is 25.2 Å². The maximum Gasteiger partial charge on any atom is 0.250 e. The number of hydrazone groups is 1. The Morgan fingerprint density at radius 3 is 2.65 bits per heavy atom. The van der Waals surface area contributed by atoms with Crippen LogP contribution in [0.15, 0.2) is 87.8 Å². The number of aromatic nitrogens is 4. The van der Waals surface area contributed by atoms with Crippen molar-refractivity contribution in [2.75, 3.05) is 12.4 Å². The van der Waals surface area contributed by atoms with E-state index in [0.29, 0.717) is 17.6 Å². The minimum atomic E-state index is -0.248. The van der Waals surface area contributed by atoms with Crippen LogP contribution >= 0.6 is 27.7 Å². The smallest absolute Gasteiger partial charge is 0.250 e.